The number of para-hydroxylation sites is 1. The predicted octanol–water partition coefficient (Wildman–Crippen LogP) is 3.78. The van der Waals surface area contributed by atoms with Gasteiger partial charge in [-0.2, -0.15) is 0 Å². The topological polar surface area (TPSA) is 78.9 Å². The molecule has 1 fully saturated rings. The number of nitrogens with zero attached hydrogens (tertiary/aromatic N) is 4. The van der Waals surface area contributed by atoms with Crippen molar-refractivity contribution in [1.82, 2.24) is 19.7 Å². The van der Waals surface area contributed by atoms with Crippen LogP contribution in [-0.4, -0.2) is 32.4 Å². The molecule has 8 heteroatoms. The molecule has 0 amide bonds. The molecular formula is C19H23Cl2N5O. The largest absolute Gasteiger partial charge is 0.492 e. The summed E-state index contributed by atoms with van der Waals surface area (Å²) in [5.74, 6) is 2.80. The molecule has 0 atom stereocenters. The summed E-state index contributed by atoms with van der Waals surface area (Å²) >= 11 is 0. The van der Waals surface area contributed by atoms with E-state index in [4.69, 9.17) is 10.5 Å². The molecule has 27 heavy (non-hydrogen) atoms. The van der Waals surface area contributed by atoms with Gasteiger partial charge < -0.3 is 10.5 Å². The standard InChI is InChI=1S/C19H21N5O.2ClH/c1-2-25-16-8-9-17(21-12-16)19-23-22-18(13-10-14(20)11-13)24(19)15-6-4-3-5-7-15;;/h3-9,12-14H,2,10-11,20H2,1H3;2*1H. The number of halogens is 2. The van der Waals surface area contributed by atoms with Gasteiger partial charge in [0.15, 0.2) is 5.82 Å². The SMILES string of the molecule is CCOc1ccc(-c2nnc(C3CC(N)C3)n2-c2ccccc2)nc1.Cl.Cl. The molecule has 0 spiro atoms. The zero-order chi connectivity index (χ0) is 17.2. The molecule has 1 aliphatic rings. The molecular weight excluding hydrogens is 385 g/mol. The summed E-state index contributed by atoms with van der Waals surface area (Å²) in [5, 5.41) is 8.91. The van der Waals surface area contributed by atoms with Crippen LogP contribution in [0.5, 0.6) is 5.75 Å². The summed E-state index contributed by atoms with van der Waals surface area (Å²) in [5.41, 5.74) is 7.78. The molecule has 1 aromatic carbocycles. The van der Waals surface area contributed by atoms with Gasteiger partial charge in [-0.3, -0.25) is 4.57 Å². The molecule has 2 aromatic heterocycles. The maximum atomic E-state index is 5.97. The number of aromatic nitrogens is 4. The molecule has 3 aromatic rings. The van der Waals surface area contributed by atoms with Crippen molar-refractivity contribution in [2.24, 2.45) is 5.73 Å². The van der Waals surface area contributed by atoms with Gasteiger partial charge in [-0.15, -0.1) is 35.0 Å². The number of nitrogens with two attached hydrogens (primary N) is 1. The Bertz CT molecular complexity index is 848. The normalized spacial score (nSPS) is 18.0. The molecule has 4 rings (SSSR count). The highest BCUT2D eigenvalue weighted by atomic mass is 35.5. The molecule has 0 saturated heterocycles. The van der Waals surface area contributed by atoms with Crippen molar-refractivity contribution in [3.8, 4) is 23.0 Å². The Kier molecular flexibility index (Phi) is 7.18. The lowest BCUT2D eigenvalue weighted by molar-refractivity contribution is 0.335. The van der Waals surface area contributed by atoms with Crippen LogP contribution < -0.4 is 10.5 Å². The first kappa shape index (κ1) is 21.2. The van der Waals surface area contributed by atoms with Crippen molar-refractivity contribution >= 4 is 24.8 Å². The Balaban J connectivity index is 0.00000131. The Morgan fingerprint density at radius 1 is 1.07 bits per heavy atom. The molecule has 0 bridgehead atoms. The molecule has 1 aliphatic carbocycles. The highest BCUT2D eigenvalue weighted by Gasteiger charge is 2.33. The van der Waals surface area contributed by atoms with E-state index >= 15 is 0 Å². The maximum absolute atomic E-state index is 5.97. The fourth-order valence-electron chi connectivity index (χ4n) is 3.20. The van der Waals surface area contributed by atoms with Crippen molar-refractivity contribution in [3.05, 3.63) is 54.5 Å². The Hall–Kier alpha value is -2.15. The third-order valence-corrected chi connectivity index (χ3v) is 4.52. The second-order valence-corrected chi connectivity index (χ2v) is 6.29. The van der Waals surface area contributed by atoms with Crippen LogP contribution in [0.2, 0.25) is 0 Å². The summed E-state index contributed by atoms with van der Waals surface area (Å²) in [6.45, 7) is 2.57. The van der Waals surface area contributed by atoms with E-state index in [2.05, 4.69) is 31.9 Å². The summed E-state index contributed by atoms with van der Waals surface area (Å²) in [4.78, 5) is 4.51. The van der Waals surface area contributed by atoms with Gasteiger partial charge in [0.05, 0.1) is 12.8 Å². The smallest absolute Gasteiger partial charge is 0.187 e. The first-order valence-corrected chi connectivity index (χ1v) is 8.61. The summed E-state index contributed by atoms with van der Waals surface area (Å²) in [6.07, 6.45) is 3.62. The van der Waals surface area contributed by atoms with E-state index in [1.807, 2.05) is 37.3 Å². The summed E-state index contributed by atoms with van der Waals surface area (Å²) in [6, 6.07) is 14.2. The van der Waals surface area contributed by atoms with E-state index in [1.54, 1.807) is 6.20 Å². The summed E-state index contributed by atoms with van der Waals surface area (Å²) < 4.78 is 7.57. The van der Waals surface area contributed by atoms with Crippen LogP contribution in [0.4, 0.5) is 0 Å². The lowest BCUT2D eigenvalue weighted by atomic mass is 9.80. The third kappa shape index (κ3) is 4.24. The predicted molar refractivity (Wildman–Crippen MR) is 110 cm³/mol. The van der Waals surface area contributed by atoms with E-state index in [1.165, 1.54) is 0 Å². The van der Waals surface area contributed by atoms with E-state index in [0.29, 0.717) is 12.5 Å². The van der Waals surface area contributed by atoms with Gasteiger partial charge in [-0.05, 0) is 44.0 Å². The summed E-state index contributed by atoms with van der Waals surface area (Å²) in [7, 11) is 0. The molecule has 1 saturated carbocycles. The second-order valence-electron chi connectivity index (χ2n) is 6.29. The number of hydrogen-bond acceptors (Lipinski definition) is 5. The fraction of sp³-hybridized carbons (Fsp3) is 0.316. The number of pyridine rings is 1. The van der Waals surface area contributed by atoms with Crippen molar-refractivity contribution in [3.63, 3.8) is 0 Å². The van der Waals surface area contributed by atoms with Gasteiger partial charge in [0.1, 0.15) is 17.3 Å². The van der Waals surface area contributed by atoms with Crippen molar-refractivity contribution in [2.75, 3.05) is 6.61 Å². The highest BCUT2D eigenvalue weighted by molar-refractivity contribution is 5.85. The van der Waals surface area contributed by atoms with Crippen LogP contribution in [0.3, 0.4) is 0 Å². The van der Waals surface area contributed by atoms with Crippen molar-refractivity contribution in [1.29, 1.82) is 0 Å². The Morgan fingerprint density at radius 2 is 1.81 bits per heavy atom. The molecule has 0 unspecified atom stereocenters. The lowest BCUT2D eigenvalue weighted by Crippen LogP contribution is -2.36. The zero-order valence-electron chi connectivity index (χ0n) is 15.0. The molecule has 2 N–H and O–H groups in total. The Morgan fingerprint density at radius 3 is 2.41 bits per heavy atom. The number of hydrogen-bond donors (Lipinski definition) is 1. The van der Waals surface area contributed by atoms with Crippen LogP contribution in [-0.2, 0) is 0 Å². The van der Waals surface area contributed by atoms with E-state index in [9.17, 15) is 0 Å². The molecule has 144 valence electrons. The fourth-order valence-corrected chi connectivity index (χ4v) is 3.20. The van der Waals surface area contributed by atoms with E-state index in [0.717, 1.165) is 41.6 Å². The molecule has 0 aliphatic heterocycles. The van der Waals surface area contributed by atoms with E-state index in [-0.39, 0.29) is 30.9 Å². The van der Waals surface area contributed by atoms with Crippen LogP contribution in [0.15, 0.2) is 48.7 Å². The minimum atomic E-state index is 0. The number of rotatable bonds is 5. The Labute approximate surface area is 171 Å². The minimum Gasteiger partial charge on any atom is -0.492 e. The van der Waals surface area contributed by atoms with Gasteiger partial charge in [0.25, 0.3) is 0 Å². The minimum absolute atomic E-state index is 0. The van der Waals surface area contributed by atoms with E-state index < -0.39 is 0 Å². The van der Waals surface area contributed by atoms with Crippen molar-refractivity contribution < 1.29 is 4.74 Å². The lowest BCUT2D eigenvalue weighted by Gasteiger charge is -2.31. The van der Waals surface area contributed by atoms with Gasteiger partial charge in [0, 0.05) is 17.6 Å². The van der Waals surface area contributed by atoms with Gasteiger partial charge in [0.2, 0.25) is 0 Å². The molecule has 0 radical (unpaired) electrons. The zero-order valence-corrected chi connectivity index (χ0v) is 16.6. The number of benzene rings is 1. The van der Waals surface area contributed by atoms with Gasteiger partial charge in [-0.1, -0.05) is 18.2 Å². The average molecular weight is 408 g/mol. The first-order valence-electron chi connectivity index (χ1n) is 8.61. The van der Waals surface area contributed by atoms with Crippen LogP contribution in [0.1, 0.15) is 31.5 Å². The van der Waals surface area contributed by atoms with Crippen LogP contribution in [0, 0.1) is 0 Å². The second kappa shape index (κ2) is 9.17. The van der Waals surface area contributed by atoms with Crippen LogP contribution in [0.25, 0.3) is 17.2 Å². The molecule has 6 nitrogen and oxygen atoms in total. The third-order valence-electron chi connectivity index (χ3n) is 4.52. The number of ether oxygens (including phenoxy) is 1. The molecule has 2 heterocycles. The monoisotopic (exact) mass is 407 g/mol. The van der Waals surface area contributed by atoms with Crippen molar-refractivity contribution in [2.45, 2.75) is 31.7 Å². The van der Waals surface area contributed by atoms with Gasteiger partial charge in [-0.25, -0.2) is 4.98 Å². The van der Waals surface area contributed by atoms with Crippen LogP contribution >= 0.6 is 24.8 Å². The van der Waals surface area contributed by atoms with Gasteiger partial charge >= 0.3 is 0 Å². The highest BCUT2D eigenvalue weighted by Crippen LogP contribution is 2.37. The quantitative estimate of drug-likeness (QED) is 0.695. The first-order chi connectivity index (χ1) is 12.3. The maximum Gasteiger partial charge on any atom is 0.187 e. The average Bonchev–Trinajstić information content (AvgIpc) is 3.05.